The number of hydrogen-bond donors (Lipinski definition) is 2. The normalized spacial score (nSPS) is 22.8. The Balaban J connectivity index is 2.08. The number of aliphatic carboxylic acids is 1. The van der Waals surface area contributed by atoms with Gasteiger partial charge in [0.25, 0.3) is 0 Å². The topological polar surface area (TPSA) is 84.2 Å². The van der Waals surface area contributed by atoms with Gasteiger partial charge < -0.3 is 10.4 Å². The van der Waals surface area contributed by atoms with E-state index in [1.807, 2.05) is 39.2 Å². The Hall–Kier alpha value is -2.11. The van der Waals surface area contributed by atoms with Crippen LogP contribution in [-0.4, -0.2) is 26.8 Å². The number of hydrogen-bond acceptors (Lipinski definition) is 3. The molecule has 0 aromatic carbocycles. The third-order valence-electron chi connectivity index (χ3n) is 3.96. The molecule has 1 amide bonds. The Morgan fingerprint density at radius 1 is 1.38 bits per heavy atom. The SMILES string of the molecule is Cc1nn(C)cc1[C@@H](C)NC(=O)[C@@H]1CC=CC[C@@H]1C(=O)O. The number of amides is 1. The van der Waals surface area contributed by atoms with Crippen molar-refractivity contribution >= 4 is 11.9 Å². The molecule has 0 bridgehead atoms. The summed E-state index contributed by atoms with van der Waals surface area (Å²) in [6, 6.07) is -0.188. The third-order valence-corrected chi connectivity index (χ3v) is 3.96. The first kappa shape index (κ1) is 15.3. The van der Waals surface area contributed by atoms with Gasteiger partial charge in [-0.2, -0.15) is 5.10 Å². The molecule has 3 atom stereocenters. The summed E-state index contributed by atoms with van der Waals surface area (Å²) in [6.45, 7) is 3.78. The van der Waals surface area contributed by atoms with Crippen LogP contribution in [0.5, 0.6) is 0 Å². The first-order chi connectivity index (χ1) is 9.90. The van der Waals surface area contributed by atoms with E-state index in [0.717, 1.165) is 11.3 Å². The fraction of sp³-hybridized carbons (Fsp3) is 0.533. The van der Waals surface area contributed by atoms with Gasteiger partial charge in [0.15, 0.2) is 0 Å². The molecule has 0 radical (unpaired) electrons. The molecule has 0 fully saturated rings. The van der Waals surface area contributed by atoms with Gasteiger partial charge in [0, 0.05) is 18.8 Å². The largest absolute Gasteiger partial charge is 0.481 e. The van der Waals surface area contributed by atoms with Crippen molar-refractivity contribution in [1.82, 2.24) is 15.1 Å². The highest BCUT2D eigenvalue weighted by Gasteiger charge is 2.34. The van der Waals surface area contributed by atoms with Crippen molar-refractivity contribution in [3.63, 3.8) is 0 Å². The van der Waals surface area contributed by atoms with Gasteiger partial charge in [-0.25, -0.2) is 0 Å². The molecule has 2 rings (SSSR count). The van der Waals surface area contributed by atoms with Crippen molar-refractivity contribution < 1.29 is 14.7 Å². The zero-order valence-electron chi connectivity index (χ0n) is 12.5. The van der Waals surface area contributed by atoms with Crippen LogP contribution in [-0.2, 0) is 16.6 Å². The summed E-state index contributed by atoms with van der Waals surface area (Å²) < 4.78 is 1.71. The number of carbonyl (C=O) groups is 2. The van der Waals surface area contributed by atoms with Gasteiger partial charge in [-0.15, -0.1) is 0 Å². The third kappa shape index (κ3) is 3.32. The zero-order chi connectivity index (χ0) is 15.6. The predicted molar refractivity (Wildman–Crippen MR) is 77.5 cm³/mol. The Bertz CT molecular complexity index is 577. The lowest BCUT2D eigenvalue weighted by atomic mass is 9.82. The minimum absolute atomic E-state index is 0.188. The number of carboxylic acids is 1. The van der Waals surface area contributed by atoms with E-state index in [1.165, 1.54) is 0 Å². The Labute approximate surface area is 123 Å². The monoisotopic (exact) mass is 291 g/mol. The molecule has 1 aromatic rings. The van der Waals surface area contributed by atoms with Gasteiger partial charge in [-0.3, -0.25) is 14.3 Å². The second-order valence-corrected chi connectivity index (χ2v) is 5.57. The van der Waals surface area contributed by atoms with Crippen LogP contribution in [0.4, 0.5) is 0 Å². The molecule has 0 saturated carbocycles. The Morgan fingerprint density at radius 2 is 2.00 bits per heavy atom. The molecular weight excluding hydrogens is 270 g/mol. The number of allylic oxidation sites excluding steroid dienone is 2. The zero-order valence-corrected chi connectivity index (χ0v) is 12.5. The highest BCUT2D eigenvalue weighted by Crippen LogP contribution is 2.27. The van der Waals surface area contributed by atoms with E-state index in [9.17, 15) is 14.7 Å². The average molecular weight is 291 g/mol. The first-order valence-electron chi connectivity index (χ1n) is 7.08. The lowest BCUT2D eigenvalue weighted by molar-refractivity contribution is -0.147. The number of aromatic nitrogens is 2. The van der Waals surface area contributed by atoms with Crippen molar-refractivity contribution in [3.8, 4) is 0 Å². The molecule has 1 aromatic heterocycles. The molecule has 6 heteroatoms. The average Bonchev–Trinajstić information content (AvgIpc) is 2.77. The summed E-state index contributed by atoms with van der Waals surface area (Å²) in [6.07, 6.45) is 6.46. The van der Waals surface area contributed by atoms with Crippen molar-refractivity contribution in [3.05, 3.63) is 29.6 Å². The molecule has 21 heavy (non-hydrogen) atoms. The van der Waals surface area contributed by atoms with Crippen LogP contribution < -0.4 is 5.32 Å². The first-order valence-corrected chi connectivity index (χ1v) is 7.08. The van der Waals surface area contributed by atoms with E-state index in [4.69, 9.17) is 0 Å². The van der Waals surface area contributed by atoms with E-state index in [1.54, 1.807) is 4.68 Å². The van der Waals surface area contributed by atoms with Crippen LogP contribution in [0.2, 0.25) is 0 Å². The number of rotatable bonds is 4. The molecule has 6 nitrogen and oxygen atoms in total. The summed E-state index contributed by atoms with van der Waals surface area (Å²) in [4.78, 5) is 23.6. The molecule has 0 spiro atoms. The quantitative estimate of drug-likeness (QED) is 0.825. The minimum atomic E-state index is -0.912. The van der Waals surface area contributed by atoms with E-state index in [0.29, 0.717) is 12.8 Å². The number of carbonyl (C=O) groups excluding carboxylic acids is 1. The molecule has 0 saturated heterocycles. The predicted octanol–water partition coefficient (Wildman–Crippen LogP) is 1.57. The maximum Gasteiger partial charge on any atom is 0.307 e. The second-order valence-electron chi connectivity index (χ2n) is 5.57. The summed E-state index contributed by atoms with van der Waals surface area (Å²) in [5, 5.41) is 16.4. The Morgan fingerprint density at radius 3 is 2.52 bits per heavy atom. The smallest absolute Gasteiger partial charge is 0.307 e. The molecule has 1 aliphatic rings. The Kier molecular flexibility index (Phi) is 4.45. The molecule has 0 unspecified atom stereocenters. The standard InChI is InChI=1S/C15H21N3O3/c1-9(13-8-18(3)17-10(13)2)16-14(19)11-6-4-5-7-12(11)15(20)21/h4-5,8-9,11-12H,6-7H2,1-3H3,(H,16,19)(H,20,21)/t9-,11-,12+/m1/s1. The second kappa shape index (κ2) is 6.11. The molecule has 1 heterocycles. The summed E-state index contributed by atoms with van der Waals surface area (Å²) in [5.74, 6) is -2.27. The highest BCUT2D eigenvalue weighted by molar-refractivity contribution is 5.85. The van der Waals surface area contributed by atoms with Crippen molar-refractivity contribution in [2.24, 2.45) is 18.9 Å². The van der Waals surface area contributed by atoms with Gasteiger partial charge in [-0.05, 0) is 26.7 Å². The van der Waals surface area contributed by atoms with E-state index in [2.05, 4.69) is 10.4 Å². The van der Waals surface area contributed by atoms with Crippen molar-refractivity contribution in [1.29, 1.82) is 0 Å². The molecule has 114 valence electrons. The fourth-order valence-corrected chi connectivity index (χ4v) is 2.82. The molecule has 2 N–H and O–H groups in total. The molecular formula is C15H21N3O3. The van der Waals surface area contributed by atoms with Crippen molar-refractivity contribution in [2.45, 2.75) is 32.7 Å². The van der Waals surface area contributed by atoms with Crippen LogP contribution >= 0.6 is 0 Å². The lowest BCUT2D eigenvalue weighted by Crippen LogP contribution is -2.39. The molecule has 1 aliphatic carbocycles. The maximum absolute atomic E-state index is 12.4. The van der Waals surface area contributed by atoms with E-state index >= 15 is 0 Å². The lowest BCUT2D eigenvalue weighted by Gasteiger charge is -2.26. The van der Waals surface area contributed by atoms with Gasteiger partial charge in [0.1, 0.15) is 0 Å². The van der Waals surface area contributed by atoms with Gasteiger partial charge in [0.05, 0.1) is 23.6 Å². The van der Waals surface area contributed by atoms with Crippen molar-refractivity contribution in [2.75, 3.05) is 0 Å². The van der Waals surface area contributed by atoms with Crippen LogP contribution in [0.3, 0.4) is 0 Å². The van der Waals surface area contributed by atoms with E-state index in [-0.39, 0.29) is 11.9 Å². The maximum atomic E-state index is 12.4. The number of aryl methyl sites for hydroxylation is 2. The number of carboxylic acid groups (broad SMARTS) is 1. The fourth-order valence-electron chi connectivity index (χ4n) is 2.82. The minimum Gasteiger partial charge on any atom is -0.481 e. The van der Waals surface area contributed by atoms with Gasteiger partial charge in [-0.1, -0.05) is 12.2 Å². The highest BCUT2D eigenvalue weighted by atomic mass is 16.4. The van der Waals surface area contributed by atoms with Crippen LogP contribution in [0.25, 0.3) is 0 Å². The summed E-state index contributed by atoms with van der Waals surface area (Å²) in [5.41, 5.74) is 1.81. The van der Waals surface area contributed by atoms with Crippen LogP contribution in [0.1, 0.15) is 37.1 Å². The summed E-state index contributed by atoms with van der Waals surface area (Å²) in [7, 11) is 1.83. The van der Waals surface area contributed by atoms with Gasteiger partial charge in [0.2, 0.25) is 5.91 Å². The van der Waals surface area contributed by atoms with Gasteiger partial charge >= 0.3 is 5.97 Å². The van der Waals surface area contributed by atoms with E-state index < -0.39 is 17.8 Å². The number of nitrogens with zero attached hydrogens (tertiary/aromatic N) is 2. The van der Waals surface area contributed by atoms with Crippen LogP contribution in [0.15, 0.2) is 18.3 Å². The number of nitrogens with one attached hydrogen (secondary N) is 1. The van der Waals surface area contributed by atoms with Crippen LogP contribution in [0, 0.1) is 18.8 Å². The summed E-state index contributed by atoms with van der Waals surface area (Å²) >= 11 is 0. The molecule has 0 aliphatic heterocycles.